The Morgan fingerprint density at radius 3 is 2.44 bits per heavy atom. The van der Waals surface area contributed by atoms with Crippen molar-refractivity contribution >= 4 is 21.6 Å². The Balaban J connectivity index is 2.21. The van der Waals surface area contributed by atoms with E-state index in [0.29, 0.717) is 15.7 Å². The van der Waals surface area contributed by atoms with Crippen molar-refractivity contribution in [2.45, 2.75) is 13.0 Å². The zero-order valence-corrected chi connectivity index (χ0v) is 11.3. The Hall–Kier alpha value is -1.42. The Morgan fingerprint density at radius 2 is 1.78 bits per heavy atom. The Bertz CT molecular complexity index is 557. The molecular formula is C14H12BrF2N. The zero-order valence-electron chi connectivity index (χ0n) is 9.75. The number of nitrogens with one attached hydrogen (secondary N) is 1. The van der Waals surface area contributed by atoms with Crippen molar-refractivity contribution in [3.8, 4) is 0 Å². The van der Waals surface area contributed by atoms with Crippen LogP contribution in [0.5, 0.6) is 0 Å². The van der Waals surface area contributed by atoms with E-state index in [0.717, 1.165) is 0 Å². The van der Waals surface area contributed by atoms with Crippen LogP contribution in [-0.2, 0) is 0 Å². The molecule has 0 aliphatic carbocycles. The molecule has 2 aromatic carbocycles. The summed E-state index contributed by atoms with van der Waals surface area (Å²) in [5.74, 6) is -0.664. The molecule has 0 aliphatic rings. The second kappa shape index (κ2) is 5.48. The Kier molecular flexibility index (Phi) is 3.97. The largest absolute Gasteiger partial charge is 0.376 e. The van der Waals surface area contributed by atoms with Crippen LogP contribution in [0.3, 0.4) is 0 Å². The third-order valence-corrected chi connectivity index (χ3v) is 3.17. The summed E-state index contributed by atoms with van der Waals surface area (Å²) in [6.45, 7) is 1.79. The van der Waals surface area contributed by atoms with Crippen LogP contribution in [0.25, 0.3) is 0 Å². The molecule has 0 aliphatic heterocycles. The summed E-state index contributed by atoms with van der Waals surface area (Å²) in [6.07, 6.45) is 0. The maximum atomic E-state index is 13.6. The van der Waals surface area contributed by atoms with Gasteiger partial charge in [-0.3, -0.25) is 0 Å². The predicted octanol–water partition coefficient (Wildman–Crippen LogP) is 4.90. The lowest BCUT2D eigenvalue weighted by Gasteiger charge is -2.17. The van der Waals surface area contributed by atoms with Crippen LogP contribution in [0.1, 0.15) is 18.5 Å². The average molecular weight is 312 g/mol. The molecule has 0 bridgehead atoms. The molecule has 0 heterocycles. The van der Waals surface area contributed by atoms with Crippen LogP contribution < -0.4 is 5.32 Å². The number of hydrogen-bond acceptors (Lipinski definition) is 1. The quantitative estimate of drug-likeness (QED) is 0.850. The summed E-state index contributed by atoms with van der Waals surface area (Å²) >= 11 is 3.19. The number of rotatable bonds is 3. The molecule has 4 heteroatoms. The van der Waals surface area contributed by atoms with E-state index in [4.69, 9.17) is 0 Å². The number of halogens is 3. The fraction of sp³-hybridized carbons (Fsp3) is 0.143. The highest BCUT2D eigenvalue weighted by Gasteiger charge is 2.12. The number of hydrogen-bond donors (Lipinski definition) is 1. The lowest BCUT2D eigenvalue weighted by molar-refractivity contribution is 0.596. The minimum atomic E-state index is -0.368. The molecule has 1 atom stereocenters. The minimum Gasteiger partial charge on any atom is -0.376 e. The molecular weight excluding hydrogens is 300 g/mol. The molecule has 0 radical (unpaired) electrons. The van der Waals surface area contributed by atoms with Crippen molar-refractivity contribution < 1.29 is 8.78 Å². The van der Waals surface area contributed by atoms with Gasteiger partial charge in [0.15, 0.2) is 0 Å². The monoisotopic (exact) mass is 311 g/mol. The van der Waals surface area contributed by atoms with E-state index in [2.05, 4.69) is 21.2 Å². The maximum Gasteiger partial charge on any atom is 0.147 e. The fourth-order valence-electron chi connectivity index (χ4n) is 1.74. The Labute approximate surface area is 113 Å². The standard InChI is InChI=1S/C14H12BrF2N/c1-9(11-4-2-3-5-12(11)16)18-14-7-6-10(15)8-13(14)17/h2-9,18H,1H3. The number of anilines is 1. The van der Waals surface area contributed by atoms with Crippen molar-refractivity contribution in [3.63, 3.8) is 0 Å². The van der Waals surface area contributed by atoms with E-state index in [9.17, 15) is 8.78 Å². The van der Waals surface area contributed by atoms with E-state index in [1.54, 1.807) is 37.3 Å². The van der Waals surface area contributed by atoms with E-state index in [1.807, 2.05) is 0 Å². The van der Waals surface area contributed by atoms with Crippen LogP contribution in [0.15, 0.2) is 46.9 Å². The number of benzene rings is 2. The summed E-state index contributed by atoms with van der Waals surface area (Å²) in [6, 6.07) is 10.9. The lowest BCUT2D eigenvalue weighted by Crippen LogP contribution is -2.09. The van der Waals surface area contributed by atoms with Gasteiger partial charge < -0.3 is 5.32 Å². The van der Waals surface area contributed by atoms with Crippen molar-refractivity contribution in [1.82, 2.24) is 0 Å². The maximum absolute atomic E-state index is 13.6. The van der Waals surface area contributed by atoms with Crippen LogP contribution in [0.2, 0.25) is 0 Å². The normalized spacial score (nSPS) is 12.2. The summed E-state index contributed by atoms with van der Waals surface area (Å²) < 4.78 is 27.9. The third-order valence-electron chi connectivity index (χ3n) is 2.67. The molecule has 1 unspecified atom stereocenters. The van der Waals surface area contributed by atoms with Gasteiger partial charge in [-0.25, -0.2) is 8.78 Å². The van der Waals surface area contributed by atoms with Crippen molar-refractivity contribution in [3.05, 3.63) is 64.1 Å². The van der Waals surface area contributed by atoms with Crippen molar-refractivity contribution in [2.75, 3.05) is 5.32 Å². The van der Waals surface area contributed by atoms with Crippen LogP contribution in [0, 0.1) is 11.6 Å². The van der Waals surface area contributed by atoms with E-state index < -0.39 is 0 Å². The summed E-state index contributed by atoms with van der Waals surface area (Å²) in [5.41, 5.74) is 0.869. The van der Waals surface area contributed by atoms with Crippen molar-refractivity contribution in [1.29, 1.82) is 0 Å². The molecule has 94 valence electrons. The first-order valence-electron chi connectivity index (χ1n) is 5.54. The molecule has 1 N–H and O–H groups in total. The third kappa shape index (κ3) is 2.88. The molecule has 0 fully saturated rings. The topological polar surface area (TPSA) is 12.0 Å². The first-order valence-corrected chi connectivity index (χ1v) is 6.33. The van der Waals surface area contributed by atoms with Crippen LogP contribution >= 0.6 is 15.9 Å². The first-order chi connectivity index (χ1) is 8.58. The summed E-state index contributed by atoms with van der Waals surface area (Å²) in [5, 5.41) is 2.96. The minimum absolute atomic E-state index is 0.296. The van der Waals surface area contributed by atoms with Gasteiger partial charge in [0.25, 0.3) is 0 Å². The van der Waals surface area contributed by atoms with Crippen LogP contribution in [-0.4, -0.2) is 0 Å². The van der Waals surface area contributed by atoms with Crippen LogP contribution in [0.4, 0.5) is 14.5 Å². The van der Waals surface area contributed by atoms with Gasteiger partial charge in [0.2, 0.25) is 0 Å². The van der Waals surface area contributed by atoms with E-state index >= 15 is 0 Å². The van der Waals surface area contributed by atoms with Gasteiger partial charge in [-0.1, -0.05) is 34.1 Å². The van der Waals surface area contributed by atoms with Gasteiger partial charge in [0.05, 0.1) is 11.7 Å². The van der Waals surface area contributed by atoms with Gasteiger partial charge in [-0.15, -0.1) is 0 Å². The van der Waals surface area contributed by atoms with Gasteiger partial charge >= 0.3 is 0 Å². The smallest absolute Gasteiger partial charge is 0.147 e. The van der Waals surface area contributed by atoms with Gasteiger partial charge in [-0.2, -0.15) is 0 Å². The second-order valence-corrected chi connectivity index (χ2v) is 4.93. The highest BCUT2D eigenvalue weighted by atomic mass is 79.9. The molecule has 0 aromatic heterocycles. The van der Waals surface area contributed by atoms with Gasteiger partial charge in [0, 0.05) is 10.0 Å². The summed E-state index contributed by atoms with van der Waals surface area (Å²) in [4.78, 5) is 0. The zero-order chi connectivity index (χ0) is 13.1. The van der Waals surface area contributed by atoms with E-state index in [-0.39, 0.29) is 17.7 Å². The molecule has 2 aromatic rings. The molecule has 2 rings (SSSR count). The lowest BCUT2D eigenvalue weighted by atomic mass is 10.1. The molecule has 0 saturated carbocycles. The molecule has 1 nitrogen and oxygen atoms in total. The van der Waals surface area contributed by atoms with Gasteiger partial charge in [0.1, 0.15) is 11.6 Å². The SMILES string of the molecule is CC(Nc1ccc(Br)cc1F)c1ccccc1F. The fourth-order valence-corrected chi connectivity index (χ4v) is 2.08. The van der Waals surface area contributed by atoms with Crippen molar-refractivity contribution in [2.24, 2.45) is 0 Å². The molecule has 0 saturated heterocycles. The molecule has 18 heavy (non-hydrogen) atoms. The van der Waals surface area contributed by atoms with Gasteiger partial charge in [-0.05, 0) is 31.2 Å². The highest BCUT2D eigenvalue weighted by molar-refractivity contribution is 9.10. The Morgan fingerprint density at radius 1 is 1.06 bits per heavy atom. The van der Waals surface area contributed by atoms with E-state index in [1.165, 1.54) is 12.1 Å². The second-order valence-electron chi connectivity index (χ2n) is 4.01. The molecule has 0 amide bonds. The highest BCUT2D eigenvalue weighted by Crippen LogP contribution is 2.25. The first kappa shape index (κ1) is 13.0. The summed E-state index contributed by atoms with van der Waals surface area (Å²) in [7, 11) is 0. The average Bonchev–Trinajstić information content (AvgIpc) is 2.33. The molecule has 0 spiro atoms. The predicted molar refractivity (Wildman–Crippen MR) is 72.5 cm³/mol.